The van der Waals surface area contributed by atoms with E-state index >= 15 is 0 Å². The van der Waals surface area contributed by atoms with Crippen LogP contribution < -0.4 is 5.73 Å². The van der Waals surface area contributed by atoms with Crippen molar-refractivity contribution >= 4 is 39.1 Å². The summed E-state index contributed by atoms with van der Waals surface area (Å²) in [5.74, 6) is 0.00767. The lowest BCUT2D eigenvalue weighted by Gasteiger charge is -2.34. The maximum atomic E-state index is 12.7. The van der Waals surface area contributed by atoms with Crippen molar-refractivity contribution in [3.63, 3.8) is 0 Å². The Balaban J connectivity index is 2.07. The molecule has 0 spiro atoms. The number of hydrogen-bond acceptors (Lipinski definition) is 4. The second kappa shape index (κ2) is 7.81. The first-order valence-corrected chi connectivity index (χ1v) is 9.49. The van der Waals surface area contributed by atoms with Gasteiger partial charge in [0, 0.05) is 32.6 Å². The molecule has 2 N–H and O–H groups in total. The van der Waals surface area contributed by atoms with Gasteiger partial charge in [-0.15, -0.1) is 0 Å². The van der Waals surface area contributed by atoms with Gasteiger partial charge in [0.15, 0.2) is 0 Å². The maximum Gasteiger partial charge on any atom is 0.244 e. The van der Waals surface area contributed by atoms with Gasteiger partial charge in [0.25, 0.3) is 0 Å². The Morgan fingerprint density at radius 3 is 2.43 bits per heavy atom. The van der Waals surface area contributed by atoms with Crippen LogP contribution in [0.5, 0.6) is 0 Å². The third-order valence-electron chi connectivity index (χ3n) is 3.72. The van der Waals surface area contributed by atoms with Crippen molar-refractivity contribution in [1.82, 2.24) is 9.21 Å². The molecule has 1 aliphatic heterocycles. The standard InChI is InChI=1S/C14H19Cl2N3O3S/c15-11-3-1-4-12(14(11)16)23(21,22)19-9-7-18(8-10-19)13(20)5-2-6-17/h1,3-4H,2,5-10,17H2. The molecule has 0 bridgehead atoms. The topological polar surface area (TPSA) is 83.7 Å². The van der Waals surface area contributed by atoms with Crippen LogP contribution in [0.3, 0.4) is 0 Å². The number of carbonyl (C=O) groups excluding carboxylic acids is 1. The Kier molecular flexibility index (Phi) is 6.27. The summed E-state index contributed by atoms with van der Waals surface area (Å²) in [7, 11) is -3.72. The van der Waals surface area contributed by atoms with Gasteiger partial charge < -0.3 is 10.6 Å². The second-order valence-electron chi connectivity index (χ2n) is 5.23. The van der Waals surface area contributed by atoms with Crippen molar-refractivity contribution in [2.75, 3.05) is 32.7 Å². The van der Waals surface area contributed by atoms with Gasteiger partial charge in [0.05, 0.1) is 10.0 Å². The lowest BCUT2D eigenvalue weighted by atomic mass is 10.2. The van der Waals surface area contributed by atoms with E-state index in [2.05, 4.69) is 0 Å². The largest absolute Gasteiger partial charge is 0.340 e. The van der Waals surface area contributed by atoms with Gasteiger partial charge in [-0.25, -0.2) is 8.42 Å². The van der Waals surface area contributed by atoms with Crippen LogP contribution in [-0.4, -0.2) is 56.3 Å². The van der Waals surface area contributed by atoms with E-state index in [-0.39, 0.29) is 33.9 Å². The second-order valence-corrected chi connectivity index (χ2v) is 7.92. The molecule has 1 aliphatic rings. The average molecular weight is 380 g/mol. The summed E-state index contributed by atoms with van der Waals surface area (Å²) >= 11 is 11.9. The molecule has 0 radical (unpaired) electrons. The third-order valence-corrected chi connectivity index (χ3v) is 6.59. The van der Waals surface area contributed by atoms with E-state index in [1.54, 1.807) is 11.0 Å². The van der Waals surface area contributed by atoms with Gasteiger partial charge in [0.1, 0.15) is 4.90 Å². The molecule has 0 aromatic heterocycles. The average Bonchev–Trinajstić information content (AvgIpc) is 2.55. The van der Waals surface area contributed by atoms with Gasteiger partial charge in [0.2, 0.25) is 15.9 Å². The van der Waals surface area contributed by atoms with Gasteiger partial charge >= 0.3 is 0 Å². The summed E-state index contributed by atoms with van der Waals surface area (Å²) < 4.78 is 26.7. The lowest BCUT2D eigenvalue weighted by Crippen LogP contribution is -2.50. The molecule has 1 amide bonds. The molecule has 128 valence electrons. The van der Waals surface area contributed by atoms with E-state index in [1.807, 2.05) is 0 Å². The van der Waals surface area contributed by atoms with Gasteiger partial charge in [-0.1, -0.05) is 29.3 Å². The van der Waals surface area contributed by atoms with Gasteiger partial charge in [-0.3, -0.25) is 4.79 Å². The van der Waals surface area contributed by atoms with Crippen LogP contribution >= 0.6 is 23.2 Å². The normalized spacial score (nSPS) is 16.6. The summed E-state index contributed by atoms with van der Waals surface area (Å²) in [5, 5.41) is 0.221. The molecule has 0 saturated carbocycles. The number of carbonyl (C=O) groups is 1. The van der Waals surface area contributed by atoms with E-state index in [4.69, 9.17) is 28.9 Å². The highest BCUT2D eigenvalue weighted by molar-refractivity contribution is 7.89. The van der Waals surface area contributed by atoms with Crippen molar-refractivity contribution in [1.29, 1.82) is 0 Å². The zero-order valence-corrected chi connectivity index (χ0v) is 14.9. The van der Waals surface area contributed by atoms with Crippen molar-refractivity contribution in [3.8, 4) is 0 Å². The fourth-order valence-corrected chi connectivity index (χ4v) is 4.57. The molecule has 1 aromatic rings. The Hall–Kier alpha value is -0.860. The van der Waals surface area contributed by atoms with E-state index in [0.29, 0.717) is 32.5 Å². The minimum Gasteiger partial charge on any atom is -0.340 e. The number of hydrogen-bond donors (Lipinski definition) is 1. The van der Waals surface area contributed by atoms with E-state index in [0.717, 1.165) is 0 Å². The van der Waals surface area contributed by atoms with Crippen LogP contribution in [0.15, 0.2) is 23.1 Å². The fourth-order valence-electron chi connectivity index (χ4n) is 2.41. The highest BCUT2D eigenvalue weighted by Gasteiger charge is 2.31. The first-order valence-electron chi connectivity index (χ1n) is 7.30. The van der Waals surface area contributed by atoms with Crippen LogP contribution in [0.25, 0.3) is 0 Å². The number of rotatable bonds is 5. The summed E-state index contributed by atoms with van der Waals surface area (Å²) in [4.78, 5) is 13.6. The summed E-state index contributed by atoms with van der Waals surface area (Å²) in [6.07, 6.45) is 1.03. The molecule has 0 aliphatic carbocycles. The Morgan fingerprint density at radius 2 is 1.83 bits per heavy atom. The summed E-state index contributed by atoms with van der Waals surface area (Å²) in [6, 6.07) is 4.52. The molecule has 1 saturated heterocycles. The minimum atomic E-state index is -3.72. The van der Waals surface area contributed by atoms with E-state index in [1.165, 1.54) is 16.4 Å². The summed E-state index contributed by atoms with van der Waals surface area (Å²) in [5.41, 5.74) is 5.39. The zero-order valence-electron chi connectivity index (χ0n) is 12.5. The van der Waals surface area contributed by atoms with Crippen LogP contribution in [0.1, 0.15) is 12.8 Å². The highest BCUT2D eigenvalue weighted by atomic mass is 35.5. The third kappa shape index (κ3) is 4.16. The quantitative estimate of drug-likeness (QED) is 0.841. The van der Waals surface area contributed by atoms with Crippen LogP contribution in [-0.2, 0) is 14.8 Å². The van der Waals surface area contributed by atoms with Crippen LogP contribution in [0.4, 0.5) is 0 Å². The maximum absolute atomic E-state index is 12.7. The molecule has 23 heavy (non-hydrogen) atoms. The molecule has 0 unspecified atom stereocenters. The monoisotopic (exact) mass is 379 g/mol. The minimum absolute atomic E-state index is 0.00502. The van der Waals surface area contributed by atoms with Gasteiger partial charge in [-0.05, 0) is 25.1 Å². The first-order chi connectivity index (χ1) is 10.9. The molecule has 6 nitrogen and oxygen atoms in total. The van der Waals surface area contributed by atoms with Crippen molar-refractivity contribution < 1.29 is 13.2 Å². The molecule has 1 fully saturated rings. The fraction of sp³-hybridized carbons (Fsp3) is 0.500. The van der Waals surface area contributed by atoms with Crippen molar-refractivity contribution in [3.05, 3.63) is 28.2 Å². The SMILES string of the molecule is NCCCC(=O)N1CCN(S(=O)(=O)c2cccc(Cl)c2Cl)CC1. The number of nitrogens with two attached hydrogens (primary N) is 1. The molecule has 9 heteroatoms. The lowest BCUT2D eigenvalue weighted by molar-refractivity contribution is -0.132. The number of nitrogens with zero attached hydrogens (tertiary/aromatic N) is 2. The van der Waals surface area contributed by atoms with Gasteiger partial charge in [-0.2, -0.15) is 4.31 Å². The Bertz CT molecular complexity index is 674. The van der Waals surface area contributed by atoms with Crippen molar-refractivity contribution in [2.24, 2.45) is 5.73 Å². The molecule has 0 atom stereocenters. The highest BCUT2D eigenvalue weighted by Crippen LogP contribution is 2.31. The predicted octanol–water partition coefficient (Wildman–Crippen LogP) is 1.57. The Morgan fingerprint density at radius 1 is 1.17 bits per heavy atom. The predicted molar refractivity (Wildman–Crippen MR) is 90.1 cm³/mol. The Labute approximate surface area is 146 Å². The number of benzene rings is 1. The van der Waals surface area contributed by atoms with E-state index in [9.17, 15) is 13.2 Å². The first kappa shape index (κ1) is 18.5. The van der Waals surface area contributed by atoms with Crippen molar-refractivity contribution in [2.45, 2.75) is 17.7 Å². The summed E-state index contributed by atoms with van der Waals surface area (Å²) in [6.45, 7) is 1.66. The molecule has 2 rings (SSSR count). The zero-order chi connectivity index (χ0) is 17.0. The number of halogens is 2. The van der Waals surface area contributed by atoms with Crippen LogP contribution in [0.2, 0.25) is 10.0 Å². The molecular weight excluding hydrogens is 361 g/mol. The number of sulfonamides is 1. The molecule has 1 aromatic carbocycles. The molecular formula is C14H19Cl2N3O3S. The van der Waals surface area contributed by atoms with Crippen LogP contribution in [0, 0.1) is 0 Å². The van der Waals surface area contributed by atoms with E-state index < -0.39 is 10.0 Å². The number of piperazine rings is 1. The smallest absolute Gasteiger partial charge is 0.244 e. The molecule has 1 heterocycles. The number of amides is 1.